The maximum atomic E-state index is 11.0. The normalized spacial score (nSPS) is 13.7. The zero-order chi connectivity index (χ0) is 13.4. The van der Waals surface area contributed by atoms with Gasteiger partial charge in [-0.1, -0.05) is 36.4 Å². The molecule has 0 aliphatic carbocycles. The van der Waals surface area contributed by atoms with E-state index in [9.17, 15) is 9.90 Å². The topological polar surface area (TPSA) is 58.6 Å². The molecule has 4 nitrogen and oxygen atoms in total. The minimum atomic E-state index is -0.815. The number of hydrogen-bond donors (Lipinski definition) is 2. The predicted octanol–water partition coefficient (Wildman–Crippen LogP) is 1.25. The molecule has 0 bridgehead atoms. The van der Waals surface area contributed by atoms with Gasteiger partial charge in [0.25, 0.3) is 0 Å². The lowest BCUT2D eigenvalue weighted by atomic mass is 10.1. The summed E-state index contributed by atoms with van der Waals surface area (Å²) in [4.78, 5) is 11.0. The molecule has 2 atom stereocenters. The minimum Gasteiger partial charge on any atom is -0.387 e. The van der Waals surface area contributed by atoms with Gasteiger partial charge in [-0.15, -0.1) is 6.58 Å². The summed E-state index contributed by atoms with van der Waals surface area (Å²) >= 11 is 0. The van der Waals surface area contributed by atoms with Gasteiger partial charge in [0.05, 0.1) is 25.4 Å². The fourth-order valence-corrected chi connectivity index (χ4v) is 1.53. The summed E-state index contributed by atoms with van der Waals surface area (Å²) in [5, 5.41) is 12.3. The summed E-state index contributed by atoms with van der Waals surface area (Å²) in [7, 11) is 0. The van der Waals surface area contributed by atoms with Crippen LogP contribution in [0.15, 0.2) is 43.0 Å². The van der Waals surface area contributed by atoms with Crippen molar-refractivity contribution in [1.82, 2.24) is 5.32 Å². The third-order valence-corrected chi connectivity index (χ3v) is 2.45. The van der Waals surface area contributed by atoms with Crippen LogP contribution in [0.25, 0.3) is 0 Å². The Labute approximate surface area is 107 Å². The standard InChI is InChI=1S/C14H19NO3/c1-3-14(17)13(15-11(2)16)10-18-9-12-7-5-4-6-8-12/h3-8,13-14,17H,1,9-10H2,2H3,(H,15,16)/t13-,14-/m1/s1. The third-order valence-electron chi connectivity index (χ3n) is 2.45. The summed E-state index contributed by atoms with van der Waals surface area (Å²) in [5.74, 6) is -0.204. The molecular weight excluding hydrogens is 230 g/mol. The quantitative estimate of drug-likeness (QED) is 0.715. The van der Waals surface area contributed by atoms with E-state index in [0.29, 0.717) is 6.61 Å². The average molecular weight is 249 g/mol. The van der Waals surface area contributed by atoms with E-state index >= 15 is 0 Å². The molecule has 0 fully saturated rings. The molecule has 98 valence electrons. The van der Waals surface area contributed by atoms with Crippen LogP contribution in [0.2, 0.25) is 0 Å². The predicted molar refractivity (Wildman–Crippen MR) is 69.9 cm³/mol. The first-order valence-corrected chi connectivity index (χ1v) is 5.83. The van der Waals surface area contributed by atoms with E-state index in [4.69, 9.17) is 4.74 Å². The highest BCUT2D eigenvalue weighted by molar-refractivity contribution is 5.73. The summed E-state index contributed by atoms with van der Waals surface area (Å²) in [6, 6.07) is 9.24. The van der Waals surface area contributed by atoms with E-state index in [0.717, 1.165) is 5.56 Å². The zero-order valence-corrected chi connectivity index (χ0v) is 10.5. The second-order valence-corrected chi connectivity index (χ2v) is 4.03. The van der Waals surface area contributed by atoms with E-state index in [1.165, 1.54) is 13.0 Å². The van der Waals surface area contributed by atoms with Crippen molar-refractivity contribution in [1.29, 1.82) is 0 Å². The maximum Gasteiger partial charge on any atom is 0.217 e. The Morgan fingerprint density at radius 2 is 2.17 bits per heavy atom. The number of hydrogen-bond acceptors (Lipinski definition) is 3. The van der Waals surface area contributed by atoms with Gasteiger partial charge in [0.1, 0.15) is 0 Å². The molecule has 0 unspecified atom stereocenters. The van der Waals surface area contributed by atoms with E-state index in [1.54, 1.807) is 0 Å². The van der Waals surface area contributed by atoms with Crippen molar-refractivity contribution in [2.45, 2.75) is 25.7 Å². The minimum absolute atomic E-state index is 0.204. The number of benzene rings is 1. The first kappa shape index (κ1) is 14.4. The van der Waals surface area contributed by atoms with Crippen LogP contribution >= 0.6 is 0 Å². The van der Waals surface area contributed by atoms with Gasteiger partial charge >= 0.3 is 0 Å². The molecule has 4 heteroatoms. The number of aliphatic hydroxyl groups excluding tert-OH is 1. The molecule has 0 aromatic heterocycles. The molecule has 1 aromatic carbocycles. The van der Waals surface area contributed by atoms with Crippen LogP contribution < -0.4 is 5.32 Å². The van der Waals surface area contributed by atoms with Gasteiger partial charge in [0.2, 0.25) is 5.91 Å². The highest BCUT2D eigenvalue weighted by Gasteiger charge is 2.17. The van der Waals surface area contributed by atoms with E-state index in [-0.39, 0.29) is 12.5 Å². The largest absolute Gasteiger partial charge is 0.387 e. The van der Waals surface area contributed by atoms with Gasteiger partial charge in [-0.3, -0.25) is 4.79 Å². The van der Waals surface area contributed by atoms with Crippen LogP contribution in [0.4, 0.5) is 0 Å². The SMILES string of the molecule is C=C[C@@H](O)[C@@H](COCc1ccccc1)NC(C)=O. The number of ether oxygens (including phenoxy) is 1. The lowest BCUT2D eigenvalue weighted by molar-refractivity contribution is -0.121. The van der Waals surface area contributed by atoms with Gasteiger partial charge in [-0.25, -0.2) is 0 Å². The molecule has 1 amide bonds. The van der Waals surface area contributed by atoms with Crippen molar-refractivity contribution in [3.05, 3.63) is 48.6 Å². The van der Waals surface area contributed by atoms with Crippen LogP contribution in [0.1, 0.15) is 12.5 Å². The average Bonchev–Trinajstić information content (AvgIpc) is 2.37. The van der Waals surface area contributed by atoms with Crippen molar-refractivity contribution >= 4 is 5.91 Å². The van der Waals surface area contributed by atoms with Crippen LogP contribution in [-0.4, -0.2) is 29.8 Å². The van der Waals surface area contributed by atoms with E-state index < -0.39 is 12.1 Å². The smallest absolute Gasteiger partial charge is 0.217 e. The Hall–Kier alpha value is -1.65. The van der Waals surface area contributed by atoms with Crippen molar-refractivity contribution in [2.24, 2.45) is 0 Å². The van der Waals surface area contributed by atoms with Gasteiger partial charge in [-0.05, 0) is 5.56 Å². The molecule has 1 aromatic rings. The van der Waals surface area contributed by atoms with Crippen LogP contribution in [-0.2, 0) is 16.1 Å². The number of rotatable bonds is 7. The van der Waals surface area contributed by atoms with E-state index in [1.807, 2.05) is 30.3 Å². The Bertz CT molecular complexity index is 378. The summed E-state index contributed by atoms with van der Waals surface area (Å²) in [5.41, 5.74) is 1.05. The molecule has 18 heavy (non-hydrogen) atoms. The van der Waals surface area contributed by atoms with Gasteiger partial charge < -0.3 is 15.2 Å². The molecule has 0 heterocycles. The van der Waals surface area contributed by atoms with Crippen LogP contribution in [0.5, 0.6) is 0 Å². The van der Waals surface area contributed by atoms with Crippen LogP contribution in [0, 0.1) is 0 Å². The second-order valence-electron chi connectivity index (χ2n) is 4.03. The first-order chi connectivity index (χ1) is 8.63. The third kappa shape index (κ3) is 5.12. The number of carbonyl (C=O) groups is 1. The lowest BCUT2D eigenvalue weighted by Gasteiger charge is -2.21. The summed E-state index contributed by atoms with van der Waals surface area (Å²) < 4.78 is 5.48. The molecule has 0 saturated heterocycles. The summed E-state index contributed by atoms with van der Waals surface area (Å²) in [6.45, 7) is 5.58. The van der Waals surface area contributed by atoms with Gasteiger partial charge in [-0.2, -0.15) is 0 Å². The van der Waals surface area contributed by atoms with E-state index in [2.05, 4.69) is 11.9 Å². The molecule has 1 rings (SSSR count). The number of aliphatic hydroxyl groups is 1. The van der Waals surface area contributed by atoms with Crippen molar-refractivity contribution in [3.63, 3.8) is 0 Å². The van der Waals surface area contributed by atoms with Crippen LogP contribution in [0.3, 0.4) is 0 Å². The fraction of sp³-hybridized carbons (Fsp3) is 0.357. The molecule has 0 spiro atoms. The lowest BCUT2D eigenvalue weighted by Crippen LogP contribution is -2.44. The van der Waals surface area contributed by atoms with Gasteiger partial charge in [0, 0.05) is 6.92 Å². The Morgan fingerprint density at radius 1 is 1.50 bits per heavy atom. The molecular formula is C14H19NO3. The molecule has 0 saturated carbocycles. The molecule has 0 aliphatic heterocycles. The molecule has 0 radical (unpaired) electrons. The fourth-order valence-electron chi connectivity index (χ4n) is 1.53. The highest BCUT2D eigenvalue weighted by atomic mass is 16.5. The summed E-state index contributed by atoms with van der Waals surface area (Å²) in [6.07, 6.45) is 0.566. The number of amides is 1. The Balaban J connectivity index is 2.42. The maximum absolute atomic E-state index is 11.0. The molecule has 0 aliphatic rings. The Kier molecular flexibility index (Phi) is 6.11. The zero-order valence-electron chi connectivity index (χ0n) is 10.5. The highest BCUT2D eigenvalue weighted by Crippen LogP contribution is 2.03. The number of nitrogens with one attached hydrogen (secondary N) is 1. The van der Waals surface area contributed by atoms with Crippen molar-refractivity contribution < 1.29 is 14.6 Å². The number of carbonyl (C=O) groups excluding carboxylic acids is 1. The van der Waals surface area contributed by atoms with Gasteiger partial charge in [0.15, 0.2) is 0 Å². The van der Waals surface area contributed by atoms with Crippen molar-refractivity contribution in [3.8, 4) is 0 Å². The molecule has 2 N–H and O–H groups in total. The Morgan fingerprint density at radius 3 is 2.72 bits per heavy atom. The van der Waals surface area contributed by atoms with Crippen molar-refractivity contribution in [2.75, 3.05) is 6.61 Å². The monoisotopic (exact) mass is 249 g/mol. The second kappa shape index (κ2) is 7.63. The first-order valence-electron chi connectivity index (χ1n) is 5.83.